The van der Waals surface area contributed by atoms with Gasteiger partial charge in [0.2, 0.25) is 0 Å². The van der Waals surface area contributed by atoms with Gasteiger partial charge in [0, 0.05) is 21.2 Å². The standard InChI is InChI=1S/C25H19ClN2O5.C24H17ClN2O5/c1-32-25(31)21-14-22(28(27-21)19-9-5-8-17(12-19)24(29)30)20-13-18(26)10-11-23(20)33-15-16-6-3-2-4-7-16;25-17-9-10-22(32-14-15-5-2-1-3-6-15)19(12-17)21-13-20(24(30)31)26-27(21)18-8-4-7-16(11-18)23(28)29/h2-14H,15H2,1H3,(H,29,30);1-13H,14H2,(H,28,29)(H,30,31). The first-order chi connectivity index (χ1) is 31.4. The van der Waals surface area contributed by atoms with Crippen molar-refractivity contribution in [2.45, 2.75) is 13.2 Å². The third-order valence-corrected chi connectivity index (χ3v) is 10.1. The molecule has 16 heteroatoms. The molecule has 0 bridgehead atoms. The van der Waals surface area contributed by atoms with Crippen molar-refractivity contribution in [1.82, 2.24) is 19.6 Å². The zero-order valence-electron chi connectivity index (χ0n) is 34.2. The first-order valence-electron chi connectivity index (χ1n) is 19.5. The lowest BCUT2D eigenvalue weighted by atomic mass is 10.1. The maximum Gasteiger partial charge on any atom is 0.358 e. The van der Waals surface area contributed by atoms with Gasteiger partial charge >= 0.3 is 23.9 Å². The second-order valence-electron chi connectivity index (χ2n) is 14.0. The van der Waals surface area contributed by atoms with E-state index in [2.05, 4.69) is 10.2 Å². The summed E-state index contributed by atoms with van der Waals surface area (Å²) in [5, 5.41) is 37.7. The van der Waals surface area contributed by atoms with Gasteiger partial charge in [-0.2, -0.15) is 10.2 Å². The van der Waals surface area contributed by atoms with Gasteiger partial charge in [0.15, 0.2) is 11.4 Å². The van der Waals surface area contributed by atoms with E-state index in [4.69, 9.17) is 37.4 Å². The number of benzene rings is 6. The molecular formula is C49H36Cl2N4O10. The number of rotatable bonds is 14. The highest BCUT2D eigenvalue weighted by atomic mass is 35.5. The molecule has 3 N–H and O–H groups in total. The molecule has 0 aliphatic heterocycles. The van der Waals surface area contributed by atoms with Gasteiger partial charge < -0.3 is 29.5 Å². The van der Waals surface area contributed by atoms with Crippen molar-refractivity contribution in [3.8, 4) is 45.4 Å². The third-order valence-electron chi connectivity index (χ3n) is 9.62. The van der Waals surface area contributed by atoms with Crippen LogP contribution in [-0.4, -0.2) is 65.9 Å². The SMILES string of the molecule is COC(=O)c1cc(-c2cc(Cl)ccc2OCc2ccccc2)n(-c2cccc(C(=O)O)c2)n1.O=C(O)c1cccc(-n2nc(C(=O)O)cc2-c2cc(Cl)ccc2OCc2ccccc2)c1. The molecule has 0 aliphatic carbocycles. The van der Waals surface area contributed by atoms with E-state index in [-0.39, 0.29) is 22.5 Å². The summed E-state index contributed by atoms with van der Waals surface area (Å²) in [7, 11) is 1.26. The van der Waals surface area contributed by atoms with E-state index in [1.54, 1.807) is 66.7 Å². The summed E-state index contributed by atoms with van der Waals surface area (Å²) >= 11 is 12.5. The second kappa shape index (κ2) is 20.3. The fourth-order valence-electron chi connectivity index (χ4n) is 6.52. The minimum atomic E-state index is -1.21. The van der Waals surface area contributed by atoms with E-state index in [1.165, 1.54) is 46.8 Å². The molecule has 0 atom stereocenters. The average Bonchev–Trinajstić information content (AvgIpc) is 3.98. The van der Waals surface area contributed by atoms with Gasteiger partial charge in [-0.25, -0.2) is 28.5 Å². The smallest absolute Gasteiger partial charge is 0.358 e. The quantitative estimate of drug-likeness (QED) is 0.0876. The Balaban J connectivity index is 0.000000194. The zero-order chi connectivity index (χ0) is 46.0. The van der Waals surface area contributed by atoms with Gasteiger partial charge in [0.25, 0.3) is 0 Å². The number of carboxylic acids is 3. The maximum atomic E-state index is 12.2. The van der Waals surface area contributed by atoms with Crippen molar-refractivity contribution in [2.75, 3.05) is 7.11 Å². The van der Waals surface area contributed by atoms with Crippen LogP contribution >= 0.6 is 23.2 Å². The third kappa shape index (κ3) is 10.9. The summed E-state index contributed by atoms with van der Waals surface area (Å²) in [6.45, 7) is 0.617. The number of aromatic carboxylic acids is 3. The van der Waals surface area contributed by atoms with Crippen LogP contribution in [0.15, 0.2) is 158 Å². The Labute approximate surface area is 381 Å². The molecule has 0 saturated carbocycles. The average molecular weight is 912 g/mol. The number of nitrogens with zero attached hydrogens (tertiary/aromatic N) is 4. The Morgan fingerprint density at radius 1 is 0.508 bits per heavy atom. The minimum Gasteiger partial charge on any atom is -0.488 e. The fraction of sp³-hybridized carbons (Fsp3) is 0.0612. The van der Waals surface area contributed by atoms with Crippen molar-refractivity contribution >= 4 is 47.1 Å². The van der Waals surface area contributed by atoms with Gasteiger partial charge in [-0.1, -0.05) is 96.0 Å². The number of methoxy groups -OCH3 is 1. The van der Waals surface area contributed by atoms with Gasteiger partial charge in [-0.15, -0.1) is 0 Å². The van der Waals surface area contributed by atoms with Crippen LogP contribution in [0.3, 0.4) is 0 Å². The summed E-state index contributed by atoms with van der Waals surface area (Å²) in [5.41, 5.74) is 4.77. The molecule has 65 heavy (non-hydrogen) atoms. The Kier molecular flexibility index (Phi) is 14.0. The molecule has 0 aliphatic rings. The van der Waals surface area contributed by atoms with E-state index < -0.39 is 23.9 Å². The first kappa shape index (κ1) is 44.8. The normalized spacial score (nSPS) is 10.6. The molecule has 326 valence electrons. The summed E-state index contributed by atoms with van der Waals surface area (Å²) in [5.74, 6) is -3.02. The maximum absolute atomic E-state index is 12.2. The molecule has 0 saturated heterocycles. The number of halogens is 2. The fourth-order valence-corrected chi connectivity index (χ4v) is 6.86. The molecule has 8 aromatic rings. The van der Waals surface area contributed by atoms with Crippen LogP contribution in [0.2, 0.25) is 10.0 Å². The minimum absolute atomic E-state index is 0.0486. The summed E-state index contributed by atoms with van der Waals surface area (Å²) in [6, 6.07) is 44.7. The zero-order valence-corrected chi connectivity index (χ0v) is 35.7. The summed E-state index contributed by atoms with van der Waals surface area (Å²) in [6.07, 6.45) is 0. The number of esters is 1. The van der Waals surface area contributed by atoms with Crippen LogP contribution in [0, 0.1) is 0 Å². The molecule has 2 heterocycles. The Bertz CT molecular complexity index is 3030. The number of carbonyl (C=O) groups excluding carboxylic acids is 1. The number of carboxylic acid groups (broad SMARTS) is 3. The molecular weight excluding hydrogens is 875 g/mol. The van der Waals surface area contributed by atoms with Crippen molar-refractivity contribution in [2.24, 2.45) is 0 Å². The molecule has 8 rings (SSSR count). The van der Waals surface area contributed by atoms with Gasteiger partial charge in [0.1, 0.15) is 24.7 Å². The van der Waals surface area contributed by atoms with E-state index in [1.807, 2.05) is 60.7 Å². The van der Waals surface area contributed by atoms with Crippen LogP contribution in [0.25, 0.3) is 33.9 Å². The lowest BCUT2D eigenvalue weighted by Crippen LogP contribution is -2.06. The monoisotopic (exact) mass is 910 g/mol. The lowest BCUT2D eigenvalue weighted by molar-refractivity contribution is 0.0591. The second-order valence-corrected chi connectivity index (χ2v) is 14.9. The van der Waals surface area contributed by atoms with E-state index in [9.17, 15) is 34.5 Å². The van der Waals surface area contributed by atoms with Crippen molar-refractivity contribution in [3.05, 3.63) is 201 Å². The first-order valence-corrected chi connectivity index (χ1v) is 20.3. The molecule has 0 fully saturated rings. The molecule has 0 radical (unpaired) electrons. The van der Waals surface area contributed by atoms with Crippen LogP contribution < -0.4 is 9.47 Å². The topological polar surface area (TPSA) is 192 Å². The number of ether oxygens (including phenoxy) is 3. The van der Waals surface area contributed by atoms with Crippen molar-refractivity contribution in [1.29, 1.82) is 0 Å². The van der Waals surface area contributed by atoms with Gasteiger partial charge in [0.05, 0.1) is 41.0 Å². The Morgan fingerprint density at radius 3 is 1.35 bits per heavy atom. The number of hydrogen-bond acceptors (Lipinski definition) is 9. The largest absolute Gasteiger partial charge is 0.488 e. The van der Waals surface area contributed by atoms with Crippen molar-refractivity contribution in [3.63, 3.8) is 0 Å². The molecule has 0 amide bonds. The number of carbonyl (C=O) groups is 4. The van der Waals surface area contributed by atoms with E-state index in [0.717, 1.165) is 11.1 Å². The van der Waals surface area contributed by atoms with Crippen LogP contribution in [0.5, 0.6) is 11.5 Å². The highest BCUT2D eigenvalue weighted by Crippen LogP contribution is 2.37. The van der Waals surface area contributed by atoms with Crippen LogP contribution in [0.4, 0.5) is 0 Å². The number of aromatic nitrogens is 4. The number of hydrogen-bond donors (Lipinski definition) is 3. The van der Waals surface area contributed by atoms with Crippen LogP contribution in [0.1, 0.15) is 52.8 Å². The summed E-state index contributed by atoms with van der Waals surface area (Å²) in [4.78, 5) is 46.8. The highest BCUT2D eigenvalue weighted by Gasteiger charge is 2.22. The Morgan fingerprint density at radius 2 is 0.938 bits per heavy atom. The molecule has 0 unspecified atom stereocenters. The van der Waals surface area contributed by atoms with Crippen molar-refractivity contribution < 1.29 is 48.7 Å². The van der Waals surface area contributed by atoms with E-state index >= 15 is 0 Å². The molecule has 14 nitrogen and oxygen atoms in total. The molecule has 2 aromatic heterocycles. The highest BCUT2D eigenvalue weighted by molar-refractivity contribution is 6.31. The predicted molar refractivity (Wildman–Crippen MR) is 242 cm³/mol. The lowest BCUT2D eigenvalue weighted by Gasteiger charge is -2.14. The van der Waals surface area contributed by atoms with Crippen LogP contribution in [-0.2, 0) is 18.0 Å². The molecule has 6 aromatic carbocycles. The van der Waals surface area contributed by atoms with Gasteiger partial charge in [-0.05, 0) is 96.1 Å². The van der Waals surface area contributed by atoms with Gasteiger partial charge in [-0.3, -0.25) is 0 Å². The Hall–Kier alpha value is -8.20. The predicted octanol–water partition coefficient (Wildman–Crippen LogP) is 10.4. The molecule has 0 spiro atoms. The summed E-state index contributed by atoms with van der Waals surface area (Å²) < 4.78 is 19.8. The van der Waals surface area contributed by atoms with E-state index in [0.29, 0.717) is 68.6 Å².